The van der Waals surface area contributed by atoms with Gasteiger partial charge in [-0.15, -0.1) is 0 Å². The van der Waals surface area contributed by atoms with Crippen molar-refractivity contribution in [3.8, 4) is 11.5 Å². The Labute approximate surface area is 125 Å². The maximum Gasteiger partial charge on any atom is 0.522 e. The highest BCUT2D eigenvalue weighted by Gasteiger charge is 2.44. The van der Waals surface area contributed by atoms with Crippen LogP contribution >= 0.6 is 0 Å². The molecule has 2 rings (SSSR count). The maximum absolute atomic E-state index is 10.7. The van der Waals surface area contributed by atoms with E-state index in [4.69, 9.17) is 23.2 Å². The molecule has 9 heteroatoms. The molecule has 0 amide bonds. The number of benzene rings is 2. The molecule has 2 aromatic carbocycles. The number of para-hydroxylation sites is 2. The maximum atomic E-state index is 10.7. The molecule has 0 saturated heterocycles. The van der Waals surface area contributed by atoms with Gasteiger partial charge in [0.25, 0.3) is 0 Å². The fourth-order valence-corrected chi connectivity index (χ4v) is 0.856. The van der Waals surface area contributed by atoms with Crippen LogP contribution in [-0.2, 0) is 10.1 Å². The van der Waals surface area contributed by atoms with Gasteiger partial charge in [-0.3, -0.25) is 4.55 Å². The Morgan fingerprint density at radius 3 is 1.05 bits per heavy atom. The lowest BCUT2D eigenvalue weighted by molar-refractivity contribution is -0.0510. The Balaban J connectivity index is 0.000000301. The quantitative estimate of drug-likeness (QED) is 0.506. The summed E-state index contributed by atoms with van der Waals surface area (Å²) in [7, 11) is -5.84. The molecule has 0 aliphatic heterocycles. The van der Waals surface area contributed by atoms with E-state index in [1.54, 1.807) is 48.5 Å². The van der Waals surface area contributed by atoms with Crippen LogP contribution in [0.15, 0.2) is 60.7 Å². The van der Waals surface area contributed by atoms with Crippen LogP contribution in [0.2, 0.25) is 0 Å². The molecule has 0 heterocycles. The van der Waals surface area contributed by atoms with Gasteiger partial charge >= 0.3 is 15.6 Å². The van der Waals surface area contributed by atoms with E-state index in [2.05, 4.69) is 0 Å². The first-order valence-electron chi connectivity index (χ1n) is 5.56. The van der Waals surface area contributed by atoms with Crippen molar-refractivity contribution in [2.75, 3.05) is 0 Å². The van der Waals surface area contributed by atoms with Gasteiger partial charge in [-0.25, -0.2) is 0 Å². The second-order valence-corrected chi connectivity index (χ2v) is 5.00. The number of rotatable bonds is 0. The molecule has 0 atom stereocenters. The molecule has 0 fully saturated rings. The van der Waals surface area contributed by atoms with Gasteiger partial charge in [-0.2, -0.15) is 21.6 Å². The Kier molecular flexibility index (Phi) is 7.99. The smallest absolute Gasteiger partial charge is 0.508 e. The molecule has 3 N–H and O–H groups in total. The second-order valence-electron chi connectivity index (χ2n) is 3.59. The molecule has 0 bridgehead atoms. The summed E-state index contributed by atoms with van der Waals surface area (Å²) < 4.78 is 57.5. The zero-order chi connectivity index (χ0) is 17.2. The van der Waals surface area contributed by atoms with Crippen LogP contribution in [0.5, 0.6) is 11.5 Å². The summed E-state index contributed by atoms with van der Waals surface area (Å²) in [4.78, 5) is 0. The summed E-state index contributed by atoms with van der Waals surface area (Å²) in [5, 5.41) is 17.3. The third kappa shape index (κ3) is 9.61. The zero-order valence-corrected chi connectivity index (χ0v) is 11.8. The van der Waals surface area contributed by atoms with Gasteiger partial charge in [0.1, 0.15) is 11.5 Å². The van der Waals surface area contributed by atoms with Crippen molar-refractivity contribution in [3.05, 3.63) is 60.7 Å². The topological polar surface area (TPSA) is 94.8 Å². The summed E-state index contributed by atoms with van der Waals surface area (Å²) in [6.45, 7) is 0. The van der Waals surface area contributed by atoms with Crippen LogP contribution in [0.25, 0.3) is 0 Å². The normalized spacial score (nSPS) is 10.5. The minimum absolute atomic E-state index is 0.322. The summed E-state index contributed by atoms with van der Waals surface area (Å²) in [5.74, 6) is 0.644. The molecule has 2 aromatic rings. The van der Waals surface area contributed by atoms with Crippen molar-refractivity contribution < 1.29 is 36.4 Å². The van der Waals surface area contributed by atoms with E-state index in [0.717, 1.165) is 0 Å². The summed E-state index contributed by atoms with van der Waals surface area (Å²) >= 11 is 0. The third-order valence-corrected chi connectivity index (χ3v) is 2.39. The van der Waals surface area contributed by atoms with Gasteiger partial charge in [0, 0.05) is 0 Å². The van der Waals surface area contributed by atoms with Crippen molar-refractivity contribution in [1.82, 2.24) is 0 Å². The predicted molar refractivity (Wildman–Crippen MR) is 73.8 cm³/mol. The number of phenolic OH excluding ortho intramolecular Hbond substituents is 2. The first-order chi connectivity index (χ1) is 10.0. The van der Waals surface area contributed by atoms with E-state index in [1.807, 2.05) is 12.1 Å². The van der Waals surface area contributed by atoms with Crippen LogP contribution < -0.4 is 0 Å². The van der Waals surface area contributed by atoms with Gasteiger partial charge < -0.3 is 10.2 Å². The first kappa shape index (κ1) is 19.7. The average molecular weight is 338 g/mol. The lowest BCUT2D eigenvalue weighted by Gasteiger charge is -1.97. The summed E-state index contributed by atoms with van der Waals surface area (Å²) in [6, 6.07) is 17.4. The molecule has 0 unspecified atom stereocenters. The van der Waals surface area contributed by atoms with Crippen molar-refractivity contribution in [1.29, 1.82) is 0 Å². The van der Waals surface area contributed by atoms with E-state index in [9.17, 15) is 13.2 Å². The van der Waals surface area contributed by atoms with E-state index in [1.165, 1.54) is 0 Å². The number of aromatic hydroxyl groups is 2. The van der Waals surface area contributed by atoms with Crippen LogP contribution in [0.4, 0.5) is 13.2 Å². The van der Waals surface area contributed by atoms with Gasteiger partial charge in [-0.05, 0) is 24.3 Å². The molecule has 0 aliphatic carbocycles. The van der Waals surface area contributed by atoms with Gasteiger partial charge in [0.2, 0.25) is 0 Å². The molecule has 0 spiro atoms. The average Bonchev–Trinajstić information content (AvgIpc) is 2.39. The molecule has 5 nitrogen and oxygen atoms in total. The minimum atomic E-state index is -5.84. The van der Waals surface area contributed by atoms with Crippen molar-refractivity contribution in [2.24, 2.45) is 0 Å². The third-order valence-electron chi connectivity index (χ3n) is 1.80. The van der Waals surface area contributed by atoms with E-state index < -0.39 is 15.6 Å². The Hall–Kier alpha value is -2.26. The van der Waals surface area contributed by atoms with Crippen LogP contribution in [0, 0.1) is 0 Å². The molecule has 22 heavy (non-hydrogen) atoms. The lowest BCUT2D eigenvalue weighted by atomic mass is 10.3. The first-order valence-corrected chi connectivity index (χ1v) is 7.00. The number of halogens is 3. The summed E-state index contributed by atoms with van der Waals surface area (Å²) in [6.07, 6.45) is 0. The Morgan fingerprint density at radius 1 is 0.727 bits per heavy atom. The van der Waals surface area contributed by atoms with Gasteiger partial charge in [-0.1, -0.05) is 36.4 Å². The molecular weight excluding hydrogens is 325 g/mol. The van der Waals surface area contributed by atoms with Crippen molar-refractivity contribution in [2.45, 2.75) is 5.51 Å². The molecule has 0 aliphatic rings. The largest absolute Gasteiger partial charge is 0.522 e. The lowest BCUT2D eigenvalue weighted by Crippen LogP contribution is -2.21. The van der Waals surface area contributed by atoms with E-state index in [-0.39, 0.29) is 0 Å². The van der Waals surface area contributed by atoms with Crippen LogP contribution in [0.1, 0.15) is 0 Å². The Morgan fingerprint density at radius 2 is 0.955 bits per heavy atom. The fourth-order valence-electron chi connectivity index (χ4n) is 0.856. The number of hydrogen-bond acceptors (Lipinski definition) is 4. The number of hydrogen-bond donors (Lipinski definition) is 3. The molecule has 122 valence electrons. The highest BCUT2D eigenvalue weighted by molar-refractivity contribution is 7.86. The summed E-state index contributed by atoms with van der Waals surface area (Å²) in [5.41, 5.74) is -5.53. The molecular formula is C13H13F3O5S. The Bertz CT molecular complexity index is 590. The van der Waals surface area contributed by atoms with Gasteiger partial charge in [0.15, 0.2) is 0 Å². The second kappa shape index (κ2) is 8.90. The van der Waals surface area contributed by atoms with Crippen molar-refractivity contribution >= 4 is 10.1 Å². The fraction of sp³-hybridized carbons (Fsp3) is 0.0769. The van der Waals surface area contributed by atoms with E-state index in [0.29, 0.717) is 11.5 Å². The number of phenols is 2. The van der Waals surface area contributed by atoms with E-state index >= 15 is 0 Å². The minimum Gasteiger partial charge on any atom is -0.508 e. The highest BCUT2D eigenvalue weighted by Crippen LogP contribution is 2.20. The van der Waals surface area contributed by atoms with Crippen LogP contribution in [-0.4, -0.2) is 28.7 Å². The van der Waals surface area contributed by atoms with Gasteiger partial charge in [0.05, 0.1) is 0 Å². The molecule has 0 aromatic heterocycles. The number of alkyl halides is 3. The monoisotopic (exact) mass is 338 g/mol. The molecule has 0 radical (unpaired) electrons. The standard InChI is InChI=1S/2C6H6O.CHF3O3S/c2*7-6-4-2-1-3-5-6;2-1(3,4)8(5,6)7/h2*1-5,7H;(H,5,6,7). The molecule has 0 saturated carbocycles. The van der Waals surface area contributed by atoms with Crippen LogP contribution in [0.3, 0.4) is 0 Å². The SMILES string of the molecule is O=S(=O)(O)C(F)(F)F.Oc1ccccc1.Oc1ccccc1. The highest BCUT2D eigenvalue weighted by atomic mass is 32.2. The van der Waals surface area contributed by atoms with Crippen molar-refractivity contribution in [3.63, 3.8) is 0 Å². The zero-order valence-electron chi connectivity index (χ0n) is 11.0. The predicted octanol–water partition coefficient (Wildman–Crippen LogP) is 3.18.